The van der Waals surface area contributed by atoms with Crippen LogP contribution in [0.25, 0.3) is 0 Å². The molecule has 0 saturated heterocycles. The highest BCUT2D eigenvalue weighted by atomic mass is 32.2. The molecule has 0 aliphatic heterocycles. The van der Waals surface area contributed by atoms with Crippen molar-refractivity contribution in [2.24, 2.45) is 0 Å². The van der Waals surface area contributed by atoms with Crippen molar-refractivity contribution in [1.29, 1.82) is 0 Å². The molecule has 1 aliphatic rings. The van der Waals surface area contributed by atoms with Gasteiger partial charge in [0.05, 0.1) is 5.75 Å². The first kappa shape index (κ1) is 13.4. The average Bonchev–Trinajstić information content (AvgIpc) is 2.40. The zero-order valence-corrected chi connectivity index (χ0v) is 11.4. The number of rotatable bonds is 5. The molecule has 1 fully saturated rings. The predicted octanol–water partition coefficient (Wildman–Crippen LogP) is 2.84. The molecule has 1 aromatic heterocycles. The molecule has 0 unspecified atom stereocenters. The van der Waals surface area contributed by atoms with E-state index < -0.39 is 0 Å². The van der Waals surface area contributed by atoms with Gasteiger partial charge in [-0.15, -0.1) is 0 Å². The summed E-state index contributed by atoms with van der Waals surface area (Å²) in [4.78, 5) is 15.9. The number of nitrogen functional groups attached to an aromatic ring is 1. The molecule has 0 radical (unpaired) electrons. The number of ketones is 1. The Balaban J connectivity index is 1.76. The monoisotopic (exact) mass is 264 g/mol. The van der Waals surface area contributed by atoms with Crippen LogP contribution in [0, 0.1) is 0 Å². The molecule has 2 rings (SSSR count). The molecule has 0 bridgehead atoms. The van der Waals surface area contributed by atoms with E-state index in [-0.39, 0.29) is 5.78 Å². The van der Waals surface area contributed by atoms with Crippen LogP contribution in [0.5, 0.6) is 0 Å². The molecule has 0 atom stereocenters. The number of carbonyl (C=O) groups excluding carboxylic acids is 1. The zero-order chi connectivity index (χ0) is 12.8. The van der Waals surface area contributed by atoms with Crippen LogP contribution in [0.15, 0.2) is 18.5 Å². The van der Waals surface area contributed by atoms with Gasteiger partial charge in [0.15, 0.2) is 0 Å². The minimum Gasteiger partial charge on any atom is -0.398 e. The molecule has 1 heterocycles. The van der Waals surface area contributed by atoms with Gasteiger partial charge in [-0.05, 0) is 18.9 Å². The number of nitrogens with two attached hydrogens (primary N) is 1. The Morgan fingerprint density at radius 2 is 2.17 bits per heavy atom. The standard InChI is InChI=1S/C14H20N2OS/c15-14-6-7-16-9-11(14)8-12(17)10-18-13-4-2-1-3-5-13/h6-7,9,13H,1-5,8,10H2,(H2,15,16). The van der Waals surface area contributed by atoms with Gasteiger partial charge < -0.3 is 5.73 Å². The van der Waals surface area contributed by atoms with Crippen LogP contribution in [0.1, 0.15) is 37.7 Å². The van der Waals surface area contributed by atoms with Gasteiger partial charge in [-0.25, -0.2) is 0 Å². The first-order valence-electron chi connectivity index (χ1n) is 6.57. The van der Waals surface area contributed by atoms with Gasteiger partial charge in [0.2, 0.25) is 0 Å². The molecule has 0 aromatic carbocycles. The van der Waals surface area contributed by atoms with Crippen molar-refractivity contribution in [3.63, 3.8) is 0 Å². The van der Waals surface area contributed by atoms with E-state index in [2.05, 4.69) is 4.98 Å². The smallest absolute Gasteiger partial charge is 0.147 e. The van der Waals surface area contributed by atoms with Gasteiger partial charge in [0.25, 0.3) is 0 Å². The summed E-state index contributed by atoms with van der Waals surface area (Å²) in [5.74, 6) is 0.865. The second-order valence-electron chi connectivity index (χ2n) is 4.86. The van der Waals surface area contributed by atoms with Crippen molar-refractivity contribution >= 4 is 23.2 Å². The van der Waals surface area contributed by atoms with Crippen molar-refractivity contribution in [3.05, 3.63) is 24.0 Å². The van der Waals surface area contributed by atoms with Crippen molar-refractivity contribution in [2.75, 3.05) is 11.5 Å². The summed E-state index contributed by atoms with van der Waals surface area (Å²) in [6, 6.07) is 1.75. The summed E-state index contributed by atoms with van der Waals surface area (Å²) in [6.45, 7) is 0. The van der Waals surface area contributed by atoms with Crippen LogP contribution in [0.3, 0.4) is 0 Å². The van der Waals surface area contributed by atoms with Crippen molar-refractivity contribution < 1.29 is 4.79 Å². The molecular formula is C14H20N2OS. The maximum Gasteiger partial charge on any atom is 0.147 e. The second kappa shape index (κ2) is 6.78. The molecule has 0 amide bonds. The number of thioether (sulfide) groups is 1. The maximum atomic E-state index is 11.9. The fraction of sp³-hybridized carbons (Fsp3) is 0.571. The highest BCUT2D eigenvalue weighted by molar-refractivity contribution is 8.00. The van der Waals surface area contributed by atoms with E-state index >= 15 is 0 Å². The SMILES string of the molecule is Nc1ccncc1CC(=O)CSC1CCCCC1. The van der Waals surface area contributed by atoms with Crippen LogP contribution in [-0.2, 0) is 11.2 Å². The molecule has 2 N–H and O–H groups in total. The summed E-state index contributed by atoms with van der Waals surface area (Å²) in [5, 5.41) is 0.689. The number of anilines is 1. The number of nitrogens with zero attached hydrogens (tertiary/aromatic N) is 1. The lowest BCUT2D eigenvalue weighted by Crippen LogP contribution is -2.14. The van der Waals surface area contributed by atoms with E-state index in [9.17, 15) is 4.79 Å². The Bertz CT molecular complexity index is 403. The lowest BCUT2D eigenvalue weighted by atomic mass is 10.0. The van der Waals surface area contributed by atoms with Gasteiger partial charge in [-0.1, -0.05) is 19.3 Å². The fourth-order valence-electron chi connectivity index (χ4n) is 2.29. The molecule has 1 aromatic rings. The Morgan fingerprint density at radius 1 is 1.39 bits per heavy atom. The zero-order valence-electron chi connectivity index (χ0n) is 10.6. The number of hydrogen-bond donors (Lipinski definition) is 1. The van der Waals surface area contributed by atoms with Crippen LogP contribution < -0.4 is 5.73 Å². The van der Waals surface area contributed by atoms with Crippen molar-refractivity contribution in [1.82, 2.24) is 4.98 Å². The molecule has 1 aliphatic carbocycles. The largest absolute Gasteiger partial charge is 0.398 e. The third-order valence-electron chi connectivity index (χ3n) is 3.36. The van der Waals surface area contributed by atoms with E-state index in [1.165, 1.54) is 32.1 Å². The topological polar surface area (TPSA) is 56.0 Å². The van der Waals surface area contributed by atoms with Crippen LogP contribution >= 0.6 is 11.8 Å². The summed E-state index contributed by atoms with van der Waals surface area (Å²) < 4.78 is 0. The normalized spacial score (nSPS) is 16.7. The third kappa shape index (κ3) is 4.02. The van der Waals surface area contributed by atoms with Crippen LogP contribution in [0.4, 0.5) is 5.69 Å². The first-order chi connectivity index (χ1) is 8.75. The Kier molecular flexibility index (Phi) is 5.05. The van der Waals surface area contributed by atoms with Gasteiger partial charge in [-0.2, -0.15) is 11.8 Å². The molecule has 0 spiro atoms. The van der Waals surface area contributed by atoms with Gasteiger partial charge >= 0.3 is 0 Å². The van der Waals surface area contributed by atoms with Gasteiger partial charge in [-0.3, -0.25) is 9.78 Å². The van der Waals surface area contributed by atoms with Crippen molar-refractivity contribution in [2.45, 2.75) is 43.8 Å². The number of aromatic nitrogens is 1. The highest BCUT2D eigenvalue weighted by Crippen LogP contribution is 2.28. The number of Topliss-reactive ketones (excluding diaryl/α,β-unsaturated/α-hetero) is 1. The summed E-state index contributed by atoms with van der Waals surface area (Å²) in [6.07, 6.45) is 10.3. The summed E-state index contributed by atoms with van der Waals surface area (Å²) in [7, 11) is 0. The molecular weight excluding hydrogens is 244 g/mol. The molecule has 4 heteroatoms. The molecule has 3 nitrogen and oxygen atoms in total. The van der Waals surface area contributed by atoms with E-state index in [4.69, 9.17) is 5.73 Å². The Labute approximate surface area is 113 Å². The first-order valence-corrected chi connectivity index (χ1v) is 7.62. The predicted molar refractivity (Wildman–Crippen MR) is 76.7 cm³/mol. The van der Waals surface area contributed by atoms with Gasteiger partial charge in [0, 0.05) is 35.3 Å². The second-order valence-corrected chi connectivity index (χ2v) is 6.15. The average molecular weight is 264 g/mol. The van der Waals surface area contributed by atoms with Crippen LogP contribution in [-0.4, -0.2) is 21.8 Å². The molecule has 98 valence electrons. The van der Waals surface area contributed by atoms with E-state index in [1.54, 1.807) is 18.5 Å². The molecule has 1 saturated carbocycles. The Hall–Kier alpha value is -1.03. The number of carbonyl (C=O) groups is 1. The van der Waals surface area contributed by atoms with Crippen LogP contribution in [0.2, 0.25) is 0 Å². The third-order valence-corrected chi connectivity index (χ3v) is 4.79. The number of hydrogen-bond acceptors (Lipinski definition) is 4. The van der Waals surface area contributed by atoms with Gasteiger partial charge in [0.1, 0.15) is 5.78 Å². The van der Waals surface area contributed by atoms with E-state index in [0.717, 1.165) is 5.56 Å². The molecule has 18 heavy (non-hydrogen) atoms. The summed E-state index contributed by atoms with van der Waals surface area (Å²) >= 11 is 1.82. The number of pyridine rings is 1. The quantitative estimate of drug-likeness (QED) is 0.888. The Morgan fingerprint density at radius 3 is 2.89 bits per heavy atom. The van der Waals surface area contributed by atoms with E-state index in [0.29, 0.717) is 23.1 Å². The van der Waals surface area contributed by atoms with E-state index in [1.807, 2.05) is 11.8 Å². The maximum absolute atomic E-state index is 11.9. The highest BCUT2D eigenvalue weighted by Gasteiger charge is 2.15. The fourth-order valence-corrected chi connectivity index (χ4v) is 3.48. The minimum absolute atomic E-state index is 0.255. The summed E-state index contributed by atoms with van der Waals surface area (Å²) in [5.41, 5.74) is 7.33. The lowest BCUT2D eigenvalue weighted by Gasteiger charge is -2.20. The lowest BCUT2D eigenvalue weighted by molar-refractivity contribution is -0.116. The van der Waals surface area contributed by atoms with Crippen molar-refractivity contribution in [3.8, 4) is 0 Å². The minimum atomic E-state index is 0.255.